The van der Waals surface area contributed by atoms with Gasteiger partial charge in [-0.1, -0.05) is 31.2 Å². The van der Waals surface area contributed by atoms with Crippen LogP contribution in [-0.2, 0) is 11.3 Å². The molecule has 5 nitrogen and oxygen atoms in total. The van der Waals surface area contributed by atoms with Crippen molar-refractivity contribution >= 4 is 12.0 Å². The maximum atomic E-state index is 12.4. The van der Waals surface area contributed by atoms with Gasteiger partial charge in [-0.25, -0.2) is 4.79 Å². The van der Waals surface area contributed by atoms with Crippen LogP contribution in [0.15, 0.2) is 24.3 Å². The minimum absolute atomic E-state index is 0.145. The Labute approximate surface area is 126 Å². The molecule has 0 radical (unpaired) electrons. The zero-order valence-corrected chi connectivity index (χ0v) is 13.2. The first-order valence-electron chi connectivity index (χ1n) is 7.14. The van der Waals surface area contributed by atoms with Gasteiger partial charge >= 0.3 is 12.0 Å². The van der Waals surface area contributed by atoms with E-state index < -0.39 is 11.9 Å². The number of amides is 2. The lowest BCUT2D eigenvalue weighted by Gasteiger charge is -2.28. The van der Waals surface area contributed by atoms with Crippen LogP contribution >= 0.6 is 0 Å². The van der Waals surface area contributed by atoms with Crippen LogP contribution in [0.3, 0.4) is 0 Å². The van der Waals surface area contributed by atoms with E-state index in [1.807, 2.05) is 38.1 Å². The second-order valence-electron chi connectivity index (χ2n) is 5.34. The summed E-state index contributed by atoms with van der Waals surface area (Å²) in [6, 6.07) is 7.78. The molecule has 1 atom stereocenters. The van der Waals surface area contributed by atoms with Crippen LogP contribution in [0.4, 0.5) is 4.79 Å². The lowest BCUT2D eigenvalue weighted by atomic mass is 10.1. The van der Waals surface area contributed by atoms with E-state index >= 15 is 0 Å². The van der Waals surface area contributed by atoms with Crippen LogP contribution in [0.2, 0.25) is 0 Å². The van der Waals surface area contributed by atoms with Crippen LogP contribution in [-0.4, -0.2) is 47.0 Å². The fourth-order valence-corrected chi connectivity index (χ4v) is 2.10. The molecular weight excluding hydrogens is 268 g/mol. The zero-order chi connectivity index (χ0) is 16.0. The number of carbonyl (C=O) groups excluding carboxylic acids is 1. The first-order chi connectivity index (χ1) is 9.86. The number of rotatable bonds is 6. The summed E-state index contributed by atoms with van der Waals surface area (Å²) in [5, 5.41) is 8.97. The Morgan fingerprint density at radius 3 is 2.43 bits per heavy atom. The molecule has 116 valence electrons. The standard InChI is InChI=1S/C16H24N2O3/c1-5-18(10-13(3)15(19)20)16(21)17(4)11-14-9-7-6-8-12(14)2/h6-9,13H,5,10-11H2,1-4H3,(H,19,20). The highest BCUT2D eigenvalue weighted by atomic mass is 16.4. The predicted octanol–water partition coefficient (Wildman–Crippen LogP) is 2.59. The fraction of sp³-hybridized carbons (Fsp3) is 0.500. The molecule has 0 heterocycles. The average Bonchev–Trinajstić information content (AvgIpc) is 2.45. The summed E-state index contributed by atoms with van der Waals surface area (Å²) < 4.78 is 0. The smallest absolute Gasteiger partial charge is 0.320 e. The summed E-state index contributed by atoms with van der Waals surface area (Å²) >= 11 is 0. The van der Waals surface area contributed by atoms with Crippen molar-refractivity contribution in [3.63, 3.8) is 0 Å². The third-order valence-electron chi connectivity index (χ3n) is 3.56. The van der Waals surface area contributed by atoms with E-state index in [4.69, 9.17) is 5.11 Å². The molecule has 0 bridgehead atoms. The monoisotopic (exact) mass is 292 g/mol. The molecule has 0 saturated carbocycles. The quantitative estimate of drug-likeness (QED) is 0.876. The SMILES string of the molecule is CCN(CC(C)C(=O)O)C(=O)N(C)Cc1ccccc1C. The third-order valence-corrected chi connectivity index (χ3v) is 3.56. The van der Waals surface area contributed by atoms with E-state index in [-0.39, 0.29) is 12.6 Å². The van der Waals surface area contributed by atoms with Gasteiger partial charge < -0.3 is 14.9 Å². The van der Waals surface area contributed by atoms with E-state index in [2.05, 4.69) is 0 Å². The van der Waals surface area contributed by atoms with Crippen LogP contribution < -0.4 is 0 Å². The highest BCUT2D eigenvalue weighted by Gasteiger charge is 2.22. The van der Waals surface area contributed by atoms with Crippen molar-refractivity contribution in [2.45, 2.75) is 27.3 Å². The molecule has 0 aliphatic heterocycles. The van der Waals surface area contributed by atoms with E-state index in [0.29, 0.717) is 13.1 Å². The number of hydrogen-bond donors (Lipinski definition) is 1. The molecule has 1 N–H and O–H groups in total. The summed E-state index contributed by atoms with van der Waals surface area (Å²) in [4.78, 5) is 26.5. The molecule has 21 heavy (non-hydrogen) atoms. The summed E-state index contributed by atoms with van der Waals surface area (Å²) in [7, 11) is 1.74. The van der Waals surface area contributed by atoms with Crippen LogP contribution in [0.25, 0.3) is 0 Å². The van der Waals surface area contributed by atoms with Crippen LogP contribution in [0.1, 0.15) is 25.0 Å². The second kappa shape index (κ2) is 7.67. The van der Waals surface area contributed by atoms with Gasteiger partial charge in [0.25, 0.3) is 0 Å². The first-order valence-corrected chi connectivity index (χ1v) is 7.14. The summed E-state index contributed by atoms with van der Waals surface area (Å²) in [6.45, 7) is 6.71. The second-order valence-corrected chi connectivity index (χ2v) is 5.34. The molecule has 5 heteroatoms. The summed E-state index contributed by atoms with van der Waals surface area (Å²) in [6.07, 6.45) is 0. The molecular formula is C16H24N2O3. The minimum Gasteiger partial charge on any atom is -0.481 e. The number of benzene rings is 1. The van der Waals surface area contributed by atoms with Gasteiger partial charge in [-0.15, -0.1) is 0 Å². The van der Waals surface area contributed by atoms with Crippen LogP contribution in [0.5, 0.6) is 0 Å². The molecule has 1 rings (SSSR count). The van der Waals surface area contributed by atoms with E-state index in [1.54, 1.807) is 23.8 Å². The Morgan fingerprint density at radius 1 is 1.29 bits per heavy atom. The molecule has 0 saturated heterocycles. The van der Waals surface area contributed by atoms with Crippen molar-refractivity contribution in [1.29, 1.82) is 0 Å². The highest BCUT2D eigenvalue weighted by molar-refractivity contribution is 5.76. The number of carboxylic acids is 1. The normalized spacial score (nSPS) is 11.8. The number of nitrogens with zero attached hydrogens (tertiary/aromatic N) is 2. The van der Waals surface area contributed by atoms with Gasteiger partial charge in [0.2, 0.25) is 0 Å². The van der Waals surface area contributed by atoms with Gasteiger partial charge in [0.1, 0.15) is 0 Å². The molecule has 1 aromatic carbocycles. The van der Waals surface area contributed by atoms with Gasteiger partial charge in [0.15, 0.2) is 0 Å². The maximum absolute atomic E-state index is 12.4. The van der Waals surface area contributed by atoms with E-state index in [9.17, 15) is 9.59 Å². The topological polar surface area (TPSA) is 60.9 Å². The molecule has 1 aromatic rings. The predicted molar refractivity (Wildman–Crippen MR) is 82.1 cm³/mol. The van der Waals surface area contributed by atoms with E-state index in [1.165, 1.54) is 0 Å². The van der Waals surface area contributed by atoms with Crippen LogP contribution in [0, 0.1) is 12.8 Å². The van der Waals surface area contributed by atoms with Crippen molar-refractivity contribution in [2.24, 2.45) is 5.92 Å². The van der Waals surface area contributed by atoms with Gasteiger partial charge in [-0.2, -0.15) is 0 Å². The zero-order valence-electron chi connectivity index (χ0n) is 13.2. The molecule has 2 amide bonds. The largest absolute Gasteiger partial charge is 0.481 e. The van der Waals surface area contributed by atoms with Gasteiger partial charge in [0.05, 0.1) is 5.92 Å². The van der Waals surface area contributed by atoms with Gasteiger partial charge in [-0.05, 0) is 25.0 Å². The molecule has 0 spiro atoms. The number of urea groups is 1. The van der Waals surface area contributed by atoms with E-state index in [0.717, 1.165) is 11.1 Å². The Bertz CT molecular complexity index is 502. The first kappa shape index (κ1) is 17.0. The molecule has 1 unspecified atom stereocenters. The minimum atomic E-state index is -0.886. The summed E-state index contributed by atoms with van der Waals surface area (Å²) in [5.41, 5.74) is 2.23. The Morgan fingerprint density at radius 2 is 1.90 bits per heavy atom. The molecule has 0 aliphatic carbocycles. The lowest BCUT2D eigenvalue weighted by molar-refractivity contribution is -0.141. The number of carboxylic acid groups (broad SMARTS) is 1. The Kier molecular flexibility index (Phi) is 6.21. The van der Waals surface area contributed by atoms with Crippen molar-refractivity contribution < 1.29 is 14.7 Å². The number of carbonyl (C=O) groups is 2. The molecule has 0 aromatic heterocycles. The maximum Gasteiger partial charge on any atom is 0.320 e. The van der Waals surface area contributed by atoms with Crippen molar-refractivity contribution in [2.75, 3.05) is 20.1 Å². The summed E-state index contributed by atoms with van der Waals surface area (Å²) in [5.74, 6) is -1.46. The molecule has 0 aliphatic rings. The van der Waals surface area contributed by atoms with Gasteiger partial charge in [0, 0.05) is 26.7 Å². The average molecular weight is 292 g/mol. The fourth-order valence-electron chi connectivity index (χ4n) is 2.10. The number of aliphatic carboxylic acids is 1. The highest BCUT2D eigenvalue weighted by Crippen LogP contribution is 2.11. The van der Waals surface area contributed by atoms with Crippen molar-refractivity contribution in [1.82, 2.24) is 9.80 Å². The number of hydrogen-bond acceptors (Lipinski definition) is 2. The molecule has 0 fully saturated rings. The Hall–Kier alpha value is -2.04. The van der Waals surface area contributed by atoms with Crippen molar-refractivity contribution in [3.05, 3.63) is 35.4 Å². The van der Waals surface area contributed by atoms with Gasteiger partial charge in [-0.3, -0.25) is 4.79 Å². The Balaban J connectivity index is 2.71. The van der Waals surface area contributed by atoms with Crippen molar-refractivity contribution in [3.8, 4) is 0 Å². The number of aryl methyl sites for hydroxylation is 1. The third kappa shape index (κ3) is 4.77. The lowest BCUT2D eigenvalue weighted by Crippen LogP contribution is -2.43.